The minimum atomic E-state index is 0.137. The fourth-order valence-electron chi connectivity index (χ4n) is 3.13. The van der Waals surface area contributed by atoms with Crippen LogP contribution in [0.5, 0.6) is 0 Å². The first-order chi connectivity index (χ1) is 9.11. The third kappa shape index (κ3) is 2.25. The van der Waals surface area contributed by atoms with E-state index in [4.69, 9.17) is 5.73 Å². The van der Waals surface area contributed by atoms with Crippen LogP contribution >= 0.6 is 11.3 Å². The van der Waals surface area contributed by atoms with Crippen LogP contribution in [0.3, 0.4) is 0 Å². The Morgan fingerprint density at radius 3 is 3.00 bits per heavy atom. The number of hydrogen-bond donors (Lipinski definition) is 1. The first kappa shape index (κ1) is 12.9. The highest BCUT2D eigenvalue weighted by molar-refractivity contribution is 7.09. The molecule has 5 heteroatoms. The molecular weight excluding hydrogens is 256 g/mol. The van der Waals surface area contributed by atoms with Crippen molar-refractivity contribution in [2.24, 2.45) is 10.7 Å². The van der Waals surface area contributed by atoms with Gasteiger partial charge in [-0.05, 0) is 31.7 Å². The van der Waals surface area contributed by atoms with Crippen LogP contribution in [-0.2, 0) is 6.54 Å². The Hall–Kier alpha value is -1.07. The number of guanidine groups is 1. The Bertz CT molecular complexity index is 468. The summed E-state index contributed by atoms with van der Waals surface area (Å²) in [6.07, 6.45) is 1.17. The number of aliphatic imine (C=N–C) groups is 1. The lowest BCUT2D eigenvalue weighted by atomic mass is 9.97. The molecule has 1 unspecified atom stereocenters. The van der Waals surface area contributed by atoms with Gasteiger partial charge in [0, 0.05) is 24.0 Å². The van der Waals surface area contributed by atoms with Crippen LogP contribution in [0.15, 0.2) is 22.5 Å². The maximum atomic E-state index is 6.13. The van der Waals surface area contributed by atoms with E-state index in [0.29, 0.717) is 6.04 Å². The molecule has 1 saturated heterocycles. The van der Waals surface area contributed by atoms with Crippen LogP contribution in [-0.4, -0.2) is 47.0 Å². The first-order valence-corrected chi connectivity index (χ1v) is 7.83. The van der Waals surface area contributed by atoms with Crippen molar-refractivity contribution in [1.29, 1.82) is 0 Å². The van der Waals surface area contributed by atoms with Crippen LogP contribution in [0.2, 0.25) is 0 Å². The molecule has 0 bridgehead atoms. The van der Waals surface area contributed by atoms with E-state index in [1.54, 1.807) is 11.3 Å². The molecule has 0 aliphatic carbocycles. The van der Waals surface area contributed by atoms with Crippen molar-refractivity contribution >= 4 is 17.3 Å². The average Bonchev–Trinajstić information content (AvgIpc) is 3.08. The minimum Gasteiger partial charge on any atom is -0.370 e. The van der Waals surface area contributed by atoms with E-state index >= 15 is 0 Å². The molecule has 1 aromatic heterocycles. The molecule has 3 heterocycles. The molecule has 19 heavy (non-hydrogen) atoms. The summed E-state index contributed by atoms with van der Waals surface area (Å²) in [6.45, 7) is 8.53. The highest BCUT2D eigenvalue weighted by atomic mass is 32.1. The second kappa shape index (κ2) is 4.80. The molecule has 1 atom stereocenters. The van der Waals surface area contributed by atoms with Crippen molar-refractivity contribution < 1.29 is 0 Å². The van der Waals surface area contributed by atoms with Crippen LogP contribution in [0.1, 0.15) is 25.1 Å². The van der Waals surface area contributed by atoms with Crippen molar-refractivity contribution in [2.45, 2.75) is 38.4 Å². The van der Waals surface area contributed by atoms with Crippen LogP contribution < -0.4 is 5.73 Å². The summed E-state index contributed by atoms with van der Waals surface area (Å²) in [4.78, 5) is 10.8. The molecule has 104 valence electrons. The summed E-state index contributed by atoms with van der Waals surface area (Å²) >= 11 is 1.80. The van der Waals surface area contributed by atoms with Crippen LogP contribution in [0.4, 0.5) is 0 Å². The third-order valence-electron chi connectivity index (χ3n) is 4.37. The topological polar surface area (TPSA) is 44.9 Å². The molecule has 1 fully saturated rings. The zero-order valence-corrected chi connectivity index (χ0v) is 12.5. The number of likely N-dealkylation sites (tertiary alicyclic amines) is 1. The van der Waals surface area contributed by atoms with Gasteiger partial charge in [-0.25, -0.2) is 0 Å². The summed E-state index contributed by atoms with van der Waals surface area (Å²) in [6, 6.07) is 4.88. The Morgan fingerprint density at radius 2 is 2.37 bits per heavy atom. The summed E-state index contributed by atoms with van der Waals surface area (Å²) in [5, 5.41) is 2.13. The van der Waals surface area contributed by atoms with E-state index in [0.717, 1.165) is 32.1 Å². The van der Waals surface area contributed by atoms with Gasteiger partial charge in [-0.3, -0.25) is 9.89 Å². The number of thiophene rings is 1. The predicted octanol–water partition coefficient (Wildman–Crippen LogP) is 1.73. The quantitative estimate of drug-likeness (QED) is 0.916. The first-order valence-electron chi connectivity index (χ1n) is 6.95. The zero-order chi connectivity index (χ0) is 13.5. The normalized spacial score (nSPS) is 27.7. The van der Waals surface area contributed by atoms with Gasteiger partial charge in [0.25, 0.3) is 0 Å². The second-order valence-corrected chi connectivity index (χ2v) is 6.91. The zero-order valence-electron chi connectivity index (χ0n) is 11.7. The van der Waals surface area contributed by atoms with Crippen molar-refractivity contribution in [1.82, 2.24) is 9.80 Å². The van der Waals surface area contributed by atoms with Crippen LogP contribution in [0.25, 0.3) is 0 Å². The van der Waals surface area contributed by atoms with Crippen LogP contribution in [0, 0.1) is 0 Å². The Labute approximate surface area is 118 Å². The molecule has 1 aromatic rings. The molecule has 1 spiro atoms. The smallest absolute Gasteiger partial charge is 0.192 e. The minimum absolute atomic E-state index is 0.137. The lowest BCUT2D eigenvalue weighted by Gasteiger charge is -2.36. The van der Waals surface area contributed by atoms with E-state index in [2.05, 4.69) is 46.2 Å². The molecule has 2 aliphatic heterocycles. The summed E-state index contributed by atoms with van der Waals surface area (Å²) < 4.78 is 0. The molecule has 2 aliphatic rings. The summed E-state index contributed by atoms with van der Waals surface area (Å²) in [7, 11) is 0. The fraction of sp³-hybridized carbons (Fsp3) is 0.643. The maximum absolute atomic E-state index is 6.13. The maximum Gasteiger partial charge on any atom is 0.192 e. The van der Waals surface area contributed by atoms with Gasteiger partial charge in [0.05, 0.1) is 18.6 Å². The third-order valence-corrected chi connectivity index (χ3v) is 5.23. The summed E-state index contributed by atoms with van der Waals surface area (Å²) in [5.41, 5.74) is 6.27. The Balaban J connectivity index is 1.78. The monoisotopic (exact) mass is 278 g/mol. The highest BCUT2D eigenvalue weighted by Gasteiger charge is 2.47. The van der Waals surface area contributed by atoms with Gasteiger partial charge < -0.3 is 10.6 Å². The van der Waals surface area contributed by atoms with Gasteiger partial charge in [0.15, 0.2) is 5.96 Å². The molecule has 4 nitrogen and oxygen atoms in total. The van der Waals surface area contributed by atoms with Gasteiger partial charge >= 0.3 is 0 Å². The van der Waals surface area contributed by atoms with Crippen molar-refractivity contribution in [3.63, 3.8) is 0 Å². The van der Waals surface area contributed by atoms with Crippen molar-refractivity contribution in [3.8, 4) is 0 Å². The van der Waals surface area contributed by atoms with E-state index in [-0.39, 0.29) is 5.54 Å². The van der Waals surface area contributed by atoms with Crippen molar-refractivity contribution in [2.75, 3.05) is 19.6 Å². The molecule has 0 radical (unpaired) electrons. The second-order valence-electron chi connectivity index (χ2n) is 5.88. The number of rotatable bonds is 3. The van der Waals surface area contributed by atoms with Crippen molar-refractivity contribution in [3.05, 3.63) is 22.4 Å². The van der Waals surface area contributed by atoms with E-state index in [9.17, 15) is 0 Å². The van der Waals surface area contributed by atoms with Gasteiger partial charge in [-0.1, -0.05) is 6.07 Å². The molecule has 2 N–H and O–H groups in total. The lowest BCUT2D eigenvalue weighted by molar-refractivity contribution is 0.177. The number of nitrogens with two attached hydrogens (primary N) is 1. The fourth-order valence-corrected chi connectivity index (χ4v) is 3.82. The van der Waals surface area contributed by atoms with Gasteiger partial charge in [-0.2, -0.15) is 0 Å². The molecule has 3 rings (SSSR count). The number of nitrogens with zero attached hydrogens (tertiary/aromatic N) is 3. The van der Waals surface area contributed by atoms with Gasteiger partial charge in [0.1, 0.15) is 0 Å². The van der Waals surface area contributed by atoms with Gasteiger partial charge in [-0.15, -0.1) is 11.3 Å². The number of hydrogen-bond acceptors (Lipinski definition) is 5. The average molecular weight is 278 g/mol. The Kier molecular flexibility index (Phi) is 3.27. The Morgan fingerprint density at radius 1 is 1.53 bits per heavy atom. The van der Waals surface area contributed by atoms with E-state index < -0.39 is 0 Å². The molecule has 0 amide bonds. The lowest BCUT2D eigenvalue weighted by Crippen LogP contribution is -2.53. The molecular formula is C14H22N4S. The largest absolute Gasteiger partial charge is 0.370 e. The van der Waals surface area contributed by atoms with Gasteiger partial charge in [0.2, 0.25) is 0 Å². The van der Waals surface area contributed by atoms with E-state index in [1.807, 2.05) is 0 Å². The molecule has 0 saturated carbocycles. The highest BCUT2D eigenvalue weighted by Crippen LogP contribution is 2.34. The standard InChI is InChI=1S/C14H22N4S/c1-11(2)17-6-5-14(10-17)9-16-13(15)18(14)8-12-4-3-7-19-12/h3-4,7,11H,5-6,8-10H2,1-2H3,(H2,15,16). The molecule has 0 aromatic carbocycles. The van der Waals surface area contributed by atoms with E-state index in [1.165, 1.54) is 11.3 Å². The SMILES string of the molecule is CC(C)N1CCC2(CN=C(N)N2Cc2cccs2)C1. The predicted molar refractivity (Wildman–Crippen MR) is 80.4 cm³/mol. The summed E-state index contributed by atoms with van der Waals surface area (Å²) in [5.74, 6) is 0.721.